The summed E-state index contributed by atoms with van der Waals surface area (Å²) >= 11 is 0. The lowest BCUT2D eigenvalue weighted by Crippen LogP contribution is -2.15. The molecule has 0 aliphatic heterocycles. The van der Waals surface area contributed by atoms with Crippen molar-refractivity contribution in [1.82, 2.24) is 0 Å². The summed E-state index contributed by atoms with van der Waals surface area (Å²) in [5.74, 6) is -1.26. The maximum atomic E-state index is 10.00. The van der Waals surface area contributed by atoms with Crippen LogP contribution >= 0.6 is 0 Å². The Morgan fingerprint density at radius 3 is 2.29 bits per heavy atom. The molecule has 0 aromatic rings. The summed E-state index contributed by atoms with van der Waals surface area (Å²) in [6.45, 7) is 1.55. The Balaban J connectivity index is 3.34. The van der Waals surface area contributed by atoms with Gasteiger partial charge in [-0.25, -0.2) is 9.90 Å². The zero-order valence-electron chi connectivity index (χ0n) is 4.05. The minimum atomic E-state index is -1.43. The molecule has 0 rings (SSSR count). The minimum absolute atomic E-state index is 0.162. The Kier molecular flexibility index (Phi) is 2.37. The number of rotatable bonds is 2. The maximum Gasteiger partial charge on any atom is 0.336 e. The van der Waals surface area contributed by atoms with E-state index >= 15 is 0 Å². The van der Waals surface area contributed by atoms with Crippen LogP contribution in [0.4, 0.5) is 0 Å². The number of carbonyl (C=O) groups is 1. The van der Waals surface area contributed by atoms with Crippen LogP contribution in [0.15, 0.2) is 0 Å². The van der Waals surface area contributed by atoms with Gasteiger partial charge in [0.05, 0.1) is 0 Å². The van der Waals surface area contributed by atoms with Gasteiger partial charge < -0.3 is 5.11 Å². The molecule has 0 aliphatic carbocycles. The van der Waals surface area contributed by atoms with Crippen LogP contribution in [0.1, 0.15) is 13.3 Å². The minimum Gasteiger partial charge on any atom is -0.479 e. The first-order valence-corrected chi connectivity index (χ1v) is 2.07. The summed E-state index contributed by atoms with van der Waals surface area (Å²) < 4.78 is 0. The lowest BCUT2D eigenvalue weighted by Gasteiger charge is -1.92. The highest BCUT2D eigenvalue weighted by molar-refractivity contribution is 5.71. The van der Waals surface area contributed by atoms with E-state index in [0.29, 0.717) is 0 Å². The van der Waals surface area contributed by atoms with Crippen molar-refractivity contribution >= 4 is 5.97 Å². The Morgan fingerprint density at radius 2 is 2.29 bits per heavy atom. The standard InChI is InChI=1S/C4H7O3/c1-2-3(5)4(6)7/h3H,2H2,1H3,(H,6,7). The van der Waals surface area contributed by atoms with Gasteiger partial charge in [0, 0.05) is 0 Å². The summed E-state index contributed by atoms with van der Waals surface area (Å²) in [6, 6.07) is 0. The smallest absolute Gasteiger partial charge is 0.336 e. The lowest BCUT2D eigenvalue weighted by atomic mass is 10.3. The van der Waals surface area contributed by atoms with Gasteiger partial charge in [0.2, 0.25) is 0 Å². The molecule has 0 aromatic heterocycles. The molecule has 1 atom stereocenters. The highest BCUT2D eigenvalue weighted by Gasteiger charge is 2.10. The molecule has 1 radical (unpaired) electrons. The van der Waals surface area contributed by atoms with E-state index in [9.17, 15) is 9.90 Å². The molecule has 0 heterocycles. The Labute approximate surface area is 41.6 Å². The SMILES string of the molecule is CCC([O])C(=O)O. The van der Waals surface area contributed by atoms with E-state index in [4.69, 9.17) is 5.11 Å². The Bertz CT molecular complexity index is 69.3. The molecular weight excluding hydrogens is 96.0 g/mol. The van der Waals surface area contributed by atoms with E-state index < -0.39 is 12.1 Å². The highest BCUT2D eigenvalue weighted by atomic mass is 16.4. The largest absolute Gasteiger partial charge is 0.479 e. The van der Waals surface area contributed by atoms with Crippen molar-refractivity contribution < 1.29 is 15.0 Å². The van der Waals surface area contributed by atoms with E-state index in [1.54, 1.807) is 6.92 Å². The van der Waals surface area contributed by atoms with Crippen molar-refractivity contribution in [2.75, 3.05) is 0 Å². The van der Waals surface area contributed by atoms with Crippen LogP contribution in [0.25, 0.3) is 0 Å². The average molecular weight is 103 g/mol. The molecule has 7 heavy (non-hydrogen) atoms. The fourth-order valence-electron chi connectivity index (χ4n) is 0.175. The molecule has 0 bridgehead atoms. The molecule has 0 fully saturated rings. The molecule has 41 valence electrons. The third-order valence-electron chi connectivity index (χ3n) is 0.646. The maximum absolute atomic E-state index is 10.00. The van der Waals surface area contributed by atoms with Gasteiger partial charge in [-0.1, -0.05) is 6.92 Å². The molecule has 3 heteroatoms. The normalized spacial score (nSPS) is 13.4. The van der Waals surface area contributed by atoms with Crippen molar-refractivity contribution in [3.8, 4) is 0 Å². The lowest BCUT2D eigenvalue weighted by molar-refractivity contribution is -0.150. The molecule has 0 aromatic carbocycles. The van der Waals surface area contributed by atoms with Gasteiger partial charge in [-0.2, -0.15) is 0 Å². The number of aliphatic carboxylic acids is 1. The predicted octanol–water partition coefficient (Wildman–Crippen LogP) is 0.280. The van der Waals surface area contributed by atoms with Gasteiger partial charge >= 0.3 is 5.97 Å². The molecule has 0 saturated carbocycles. The first-order chi connectivity index (χ1) is 3.18. The summed E-state index contributed by atoms with van der Waals surface area (Å²) in [4.78, 5) is 9.62. The first kappa shape index (κ1) is 6.43. The second kappa shape index (κ2) is 2.58. The van der Waals surface area contributed by atoms with E-state index in [2.05, 4.69) is 0 Å². The van der Waals surface area contributed by atoms with Crippen molar-refractivity contribution in [2.45, 2.75) is 19.4 Å². The first-order valence-electron chi connectivity index (χ1n) is 2.07. The predicted molar refractivity (Wildman–Crippen MR) is 22.4 cm³/mol. The van der Waals surface area contributed by atoms with Gasteiger partial charge in [0.15, 0.2) is 6.10 Å². The summed E-state index contributed by atoms with van der Waals surface area (Å²) in [5.41, 5.74) is 0. The third-order valence-corrected chi connectivity index (χ3v) is 0.646. The van der Waals surface area contributed by atoms with Gasteiger partial charge in [-0.15, -0.1) is 0 Å². The van der Waals surface area contributed by atoms with Crippen molar-refractivity contribution in [1.29, 1.82) is 0 Å². The van der Waals surface area contributed by atoms with Crippen molar-refractivity contribution in [3.63, 3.8) is 0 Å². The molecule has 3 nitrogen and oxygen atoms in total. The number of hydrogen-bond donors (Lipinski definition) is 1. The van der Waals surface area contributed by atoms with E-state index in [1.165, 1.54) is 0 Å². The van der Waals surface area contributed by atoms with Gasteiger partial charge in [0.1, 0.15) is 0 Å². The second-order valence-corrected chi connectivity index (χ2v) is 1.24. The summed E-state index contributed by atoms with van der Waals surface area (Å²) in [7, 11) is 0. The van der Waals surface area contributed by atoms with Crippen LogP contribution in [0.3, 0.4) is 0 Å². The second-order valence-electron chi connectivity index (χ2n) is 1.24. The van der Waals surface area contributed by atoms with E-state index in [1.807, 2.05) is 0 Å². The molecule has 0 spiro atoms. The fraction of sp³-hybridized carbons (Fsp3) is 0.750. The summed E-state index contributed by atoms with van der Waals surface area (Å²) in [6.07, 6.45) is -1.27. The van der Waals surface area contributed by atoms with Crippen molar-refractivity contribution in [3.05, 3.63) is 0 Å². The monoisotopic (exact) mass is 103 g/mol. The average Bonchev–Trinajstić information content (AvgIpc) is 1.65. The number of carboxylic acids is 1. The van der Waals surface area contributed by atoms with Crippen LogP contribution in [0.5, 0.6) is 0 Å². The fourth-order valence-corrected chi connectivity index (χ4v) is 0.175. The third kappa shape index (κ3) is 2.17. The topological polar surface area (TPSA) is 57.2 Å². The zero-order chi connectivity index (χ0) is 5.86. The van der Waals surface area contributed by atoms with E-state index in [-0.39, 0.29) is 6.42 Å². The molecular formula is C4H7O3. The van der Waals surface area contributed by atoms with Crippen LogP contribution in [0, 0.1) is 0 Å². The summed E-state index contributed by atoms with van der Waals surface area (Å²) in [5, 5.41) is 17.9. The Hall–Kier alpha value is -0.570. The van der Waals surface area contributed by atoms with Crippen LogP contribution in [-0.4, -0.2) is 17.2 Å². The van der Waals surface area contributed by atoms with Crippen LogP contribution in [0.2, 0.25) is 0 Å². The van der Waals surface area contributed by atoms with E-state index in [0.717, 1.165) is 0 Å². The number of carboxylic acid groups (broad SMARTS) is 1. The molecule has 1 unspecified atom stereocenters. The van der Waals surface area contributed by atoms with Crippen LogP contribution < -0.4 is 0 Å². The highest BCUT2D eigenvalue weighted by Crippen LogP contribution is 1.87. The zero-order valence-corrected chi connectivity index (χ0v) is 4.05. The van der Waals surface area contributed by atoms with Gasteiger partial charge in [-0.05, 0) is 6.42 Å². The molecule has 0 amide bonds. The number of hydrogen-bond acceptors (Lipinski definition) is 1. The van der Waals surface area contributed by atoms with Gasteiger partial charge in [0.25, 0.3) is 0 Å². The molecule has 1 N–H and O–H groups in total. The van der Waals surface area contributed by atoms with Crippen LogP contribution in [-0.2, 0) is 9.90 Å². The Morgan fingerprint density at radius 1 is 1.86 bits per heavy atom. The quantitative estimate of drug-likeness (QED) is 0.545. The molecule has 0 aliphatic rings. The van der Waals surface area contributed by atoms with Crippen molar-refractivity contribution in [2.24, 2.45) is 0 Å². The van der Waals surface area contributed by atoms with Gasteiger partial charge in [-0.3, -0.25) is 0 Å². The molecule has 0 saturated heterocycles.